The van der Waals surface area contributed by atoms with Gasteiger partial charge in [0.05, 0.1) is 0 Å². The van der Waals surface area contributed by atoms with E-state index in [4.69, 9.17) is 0 Å². The Bertz CT molecular complexity index is 67.0. The lowest BCUT2D eigenvalue weighted by atomic mass is 10.7. The molecule has 9 heavy (non-hydrogen) atoms. The van der Waals surface area contributed by atoms with Crippen LogP contribution in [-0.4, -0.2) is 6.72 Å². The van der Waals surface area contributed by atoms with Gasteiger partial charge in [-0.15, -0.1) is 51.8 Å². The molecule has 0 amide bonds. The summed E-state index contributed by atoms with van der Waals surface area (Å²) in [6.07, 6.45) is 0. The molecular formula is H11BP8. The summed E-state index contributed by atoms with van der Waals surface area (Å²) in [5.74, 6) is 0. The minimum atomic E-state index is 0.156. The van der Waals surface area contributed by atoms with Crippen LogP contribution >= 0.6 is 66.0 Å². The lowest BCUT2D eigenvalue weighted by Gasteiger charge is -2.16. The van der Waals surface area contributed by atoms with Crippen molar-refractivity contribution in [3.63, 3.8) is 0 Å². The van der Waals surface area contributed by atoms with Crippen LogP contribution in [0.3, 0.4) is 0 Å². The van der Waals surface area contributed by atoms with Crippen LogP contribution in [0.2, 0.25) is 0 Å². The summed E-state index contributed by atoms with van der Waals surface area (Å²) in [6.45, 7) is 1.53. The Balaban J connectivity index is 3.38. The van der Waals surface area contributed by atoms with Crippen LogP contribution in [0.15, 0.2) is 0 Å². The topological polar surface area (TPSA) is 0 Å². The van der Waals surface area contributed by atoms with Crippen molar-refractivity contribution in [3.8, 4) is 0 Å². The Morgan fingerprint density at radius 3 is 1.44 bits per heavy atom. The Kier molecular flexibility index (Phi) is 9.67. The molecule has 0 aromatic carbocycles. The van der Waals surface area contributed by atoms with E-state index in [0.29, 0.717) is 0 Å². The Morgan fingerprint density at radius 1 is 0.889 bits per heavy atom. The summed E-state index contributed by atoms with van der Waals surface area (Å²) in [4.78, 5) is 0. The van der Waals surface area contributed by atoms with Crippen LogP contribution in [0.25, 0.3) is 0 Å². The first-order valence-electron chi connectivity index (χ1n) is 2.12. The first-order chi connectivity index (χ1) is 4.04. The molecule has 54 valence electrons. The summed E-state index contributed by atoms with van der Waals surface area (Å²) in [5.41, 5.74) is 0. The van der Waals surface area contributed by atoms with Gasteiger partial charge in [-0.1, -0.05) is 7.18 Å². The van der Waals surface area contributed by atoms with Crippen LogP contribution in [0, 0.1) is 0 Å². The standard InChI is InChI=1S/BH11P8/c2-7(3)1-8(4)9(5)6/h1H,2-6H2. The first kappa shape index (κ1) is 12.5. The Labute approximate surface area is 72.8 Å². The molecule has 9 heteroatoms. The normalized spacial score (nSPS) is 14.6. The highest BCUT2D eigenvalue weighted by molar-refractivity contribution is 8.91. The van der Waals surface area contributed by atoms with Crippen molar-refractivity contribution < 1.29 is 0 Å². The molecule has 0 saturated heterocycles. The van der Waals surface area contributed by atoms with E-state index in [2.05, 4.69) is 44.6 Å². The third kappa shape index (κ3) is 7.85. The Morgan fingerprint density at radius 2 is 1.33 bits per heavy atom. The zero-order chi connectivity index (χ0) is 7.44. The number of hydrogen-bond donors (Lipinski definition) is 0. The van der Waals surface area contributed by atoms with Crippen molar-refractivity contribution in [2.45, 2.75) is 0 Å². The average Bonchev–Trinajstić information content (AvgIpc) is 1.63. The highest BCUT2D eigenvalue weighted by atomic mass is 32.8. The lowest BCUT2D eigenvalue weighted by Crippen LogP contribution is -1.63. The van der Waals surface area contributed by atoms with Gasteiger partial charge in [0.2, 0.25) is 6.72 Å². The molecule has 0 spiro atoms. The van der Waals surface area contributed by atoms with E-state index in [0.717, 1.165) is 0 Å². The average molecular weight is 270 g/mol. The molecule has 6 unspecified atom stereocenters. The Hall–Kier alpha value is 3.50. The molecule has 0 N–H and O–H groups in total. The van der Waals surface area contributed by atoms with Crippen molar-refractivity contribution in [2.75, 3.05) is 0 Å². The third-order valence-corrected chi connectivity index (χ3v) is 23.5. The van der Waals surface area contributed by atoms with Gasteiger partial charge in [0, 0.05) is 0 Å². The molecule has 0 radical (unpaired) electrons. The van der Waals surface area contributed by atoms with Gasteiger partial charge in [-0.25, -0.2) is 0 Å². The molecule has 0 aromatic rings. The third-order valence-electron chi connectivity index (χ3n) is 0.605. The van der Waals surface area contributed by atoms with Gasteiger partial charge in [0.25, 0.3) is 0 Å². The van der Waals surface area contributed by atoms with Crippen LogP contribution in [0.5, 0.6) is 0 Å². The fourth-order valence-electron chi connectivity index (χ4n) is 0.240. The van der Waals surface area contributed by atoms with Gasteiger partial charge in [-0.3, -0.25) is 0 Å². The van der Waals surface area contributed by atoms with Crippen molar-refractivity contribution in [1.82, 2.24) is 0 Å². The van der Waals surface area contributed by atoms with Gasteiger partial charge in [-0.2, -0.15) is 0 Å². The van der Waals surface area contributed by atoms with E-state index in [1.807, 2.05) is 0 Å². The molecule has 0 aliphatic carbocycles. The number of rotatable bonds is 3. The molecule has 0 aromatic heterocycles. The summed E-state index contributed by atoms with van der Waals surface area (Å²) in [6, 6.07) is 0. The molecule has 0 bridgehead atoms. The summed E-state index contributed by atoms with van der Waals surface area (Å²) in [7, 11) is 14.9. The highest BCUT2D eigenvalue weighted by Crippen LogP contribution is 2.85. The lowest BCUT2D eigenvalue weighted by molar-refractivity contribution is 4.46. The van der Waals surface area contributed by atoms with E-state index < -0.39 is 0 Å². The van der Waals surface area contributed by atoms with Crippen molar-refractivity contribution >= 4 is 72.7 Å². The van der Waals surface area contributed by atoms with Gasteiger partial charge in [0.15, 0.2) is 0 Å². The smallest absolute Gasteiger partial charge is 0.116 e. The second-order valence-electron chi connectivity index (χ2n) is 1.48. The molecule has 0 saturated carbocycles. The molecule has 0 rings (SSSR count). The second-order valence-corrected chi connectivity index (χ2v) is 24.9. The fraction of sp³-hybridized carbons (Fsp3) is 0. The quantitative estimate of drug-likeness (QED) is 0.543. The van der Waals surface area contributed by atoms with Gasteiger partial charge < -0.3 is 0 Å². The summed E-state index contributed by atoms with van der Waals surface area (Å²) >= 11 is 0. The van der Waals surface area contributed by atoms with Crippen molar-refractivity contribution in [1.29, 1.82) is 0 Å². The van der Waals surface area contributed by atoms with Crippen LogP contribution in [-0.2, 0) is 0 Å². The predicted octanol–water partition coefficient (Wildman–Crippen LogP) is 3.56. The van der Waals surface area contributed by atoms with E-state index in [1.165, 1.54) is 6.72 Å². The van der Waals surface area contributed by atoms with E-state index in [1.54, 1.807) is 0 Å². The van der Waals surface area contributed by atoms with Crippen molar-refractivity contribution in [3.05, 3.63) is 0 Å². The highest BCUT2D eigenvalue weighted by Gasteiger charge is 2.09. The minimum absolute atomic E-state index is 0.156. The largest absolute Gasteiger partial charge is 0.202 e. The molecule has 0 fully saturated rings. The summed E-state index contributed by atoms with van der Waals surface area (Å²) < 4.78 is 0. The molecule has 6 atom stereocenters. The van der Waals surface area contributed by atoms with Crippen LogP contribution < -0.4 is 0 Å². The van der Waals surface area contributed by atoms with Gasteiger partial charge in [-0.05, 0) is 6.99 Å². The first-order valence-corrected chi connectivity index (χ1v) is 15.3. The number of hydrogen-bond acceptors (Lipinski definition) is 0. The van der Waals surface area contributed by atoms with E-state index >= 15 is 0 Å². The van der Waals surface area contributed by atoms with Gasteiger partial charge >= 0.3 is 0 Å². The zero-order valence-electron chi connectivity index (χ0n) is 4.94. The molecule has 0 aliphatic rings. The molecule has 0 aliphatic heterocycles. The molecule has 0 heterocycles. The second kappa shape index (κ2) is 6.96. The zero-order valence-corrected chi connectivity index (χ0v) is 13.4. The predicted molar refractivity (Wildman–Crippen MR) is 76.5 cm³/mol. The van der Waals surface area contributed by atoms with Crippen molar-refractivity contribution in [2.24, 2.45) is 0 Å². The fourth-order valence-corrected chi connectivity index (χ4v) is 19.5. The molecular weight excluding hydrogens is 259 g/mol. The summed E-state index contributed by atoms with van der Waals surface area (Å²) in [5, 5.41) is 0. The van der Waals surface area contributed by atoms with E-state index in [-0.39, 0.29) is 21.3 Å². The van der Waals surface area contributed by atoms with Crippen LogP contribution in [0.4, 0.5) is 0 Å². The van der Waals surface area contributed by atoms with E-state index in [9.17, 15) is 0 Å². The minimum Gasteiger partial charge on any atom is -0.116 e. The maximum atomic E-state index is 2.96. The monoisotopic (exact) mass is 270 g/mol. The molecule has 0 nitrogen and oxygen atoms in total. The van der Waals surface area contributed by atoms with Crippen LogP contribution in [0.1, 0.15) is 0 Å². The SMILES string of the molecule is PP(P)BP(P)P(P)P. The maximum Gasteiger partial charge on any atom is 0.202 e. The van der Waals surface area contributed by atoms with Gasteiger partial charge in [0.1, 0.15) is 0 Å². The maximum absolute atomic E-state index is 2.96.